The lowest BCUT2D eigenvalue weighted by Crippen LogP contribution is -2.37. The van der Waals surface area contributed by atoms with E-state index in [0.717, 1.165) is 29.8 Å². The van der Waals surface area contributed by atoms with E-state index in [1.54, 1.807) is 12.1 Å². The minimum Gasteiger partial charge on any atom is -0.619 e. The molecule has 0 aliphatic heterocycles. The Balaban J connectivity index is 1.67. The van der Waals surface area contributed by atoms with Crippen molar-refractivity contribution < 1.29 is 9.52 Å². The summed E-state index contributed by atoms with van der Waals surface area (Å²) in [5.41, 5.74) is 4.76. The molecular formula is C22H24N4O2. The van der Waals surface area contributed by atoms with Crippen LogP contribution in [0.15, 0.2) is 55.0 Å². The van der Waals surface area contributed by atoms with Gasteiger partial charge in [0.15, 0.2) is 12.4 Å². The van der Waals surface area contributed by atoms with Gasteiger partial charge in [-0.05, 0) is 43.4 Å². The molecular weight excluding hydrogens is 352 g/mol. The SMILES string of the molecule is Cc1ccc(-n2ncc3c2CC(C)(C)C[C@@H]3NC(=O)c2ccc[n+]([O-])c2)cc1. The maximum Gasteiger partial charge on any atom is 0.257 e. The standard InChI is InChI=1S/C22H24N4O2/c1-15-6-8-17(9-7-15)26-20-12-22(2,3)11-19(18(20)13-23-26)24-21(27)16-5-4-10-25(28)14-16/h4-10,13-14,19H,11-12H2,1-3H3,(H,24,27)/t19-/m0/s1. The summed E-state index contributed by atoms with van der Waals surface area (Å²) in [6.45, 7) is 6.47. The van der Waals surface area contributed by atoms with Crippen molar-refractivity contribution in [3.8, 4) is 5.69 Å². The Kier molecular flexibility index (Phi) is 4.41. The Morgan fingerprint density at radius 3 is 2.75 bits per heavy atom. The number of carbonyl (C=O) groups is 1. The summed E-state index contributed by atoms with van der Waals surface area (Å²) in [5, 5.41) is 19.2. The van der Waals surface area contributed by atoms with E-state index in [1.807, 2.05) is 10.9 Å². The summed E-state index contributed by atoms with van der Waals surface area (Å²) in [5.74, 6) is -0.248. The maximum absolute atomic E-state index is 12.7. The lowest BCUT2D eigenvalue weighted by Gasteiger charge is -2.36. The molecule has 2 aromatic heterocycles. The second-order valence-corrected chi connectivity index (χ2v) is 8.32. The van der Waals surface area contributed by atoms with Gasteiger partial charge in [-0.2, -0.15) is 9.83 Å². The van der Waals surface area contributed by atoms with Crippen LogP contribution in [0.4, 0.5) is 0 Å². The third kappa shape index (κ3) is 3.50. The third-order valence-corrected chi connectivity index (χ3v) is 5.30. The van der Waals surface area contributed by atoms with E-state index in [9.17, 15) is 10.0 Å². The minimum atomic E-state index is -0.248. The van der Waals surface area contributed by atoms with E-state index in [0.29, 0.717) is 10.3 Å². The van der Waals surface area contributed by atoms with Gasteiger partial charge in [0.1, 0.15) is 5.56 Å². The number of hydrogen-bond donors (Lipinski definition) is 1. The number of aromatic nitrogens is 3. The summed E-state index contributed by atoms with van der Waals surface area (Å²) in [7, 11) is 0. The first kappa shape index (κ1) is 18.2. The number of pyridine rings is 1. The van der Waals surface area contributed by atoms with Crippen LogP contribution in [-0.4, -0.2) is 15.7 Å². The van der Waals surface area contributed by atoms with Crippen molar-refractivity contribution >= 4 is 5.91 Å². The van der Waals surface area contributed by atoms with E-state index in [1.165, 1.54) is 18.0 Å². The minimum absolute atomic E-state index is 0.0164. The van der Waals surface area contributed by atoms with Gasteiger partial charge in [-0.1, -0.05) is 31.5 Å². The number of hydrogen-bond acceptors (Lipinski definition) is 3. The first-order valence-electron chi connectivity index (χ1n) is 9.46. The molecule has 1 aromatic carbocycles. The lowest BCUT2D eigenvalue weighted by molar-refractivity contribution is -0.605. The second-order valence-electron chi connectivity index (χ2n) is 8.32. The van der Waals surface area contributed by atoms with Gasteiger partial charge in [0.25, 0.3) is 5.91 Å². The van der Waals surface area contributed by atoms with Crippen LogP contribution in [0.3, 0.4) is 0 Å². The quantitative estimate of drug-likeness (QED) is 0.563. The van der Waals surface area contributed by atoms with Gasteiger partial charge < -0.3 is 10.5 Å². The Bertz CT molecular complexity index is 1020. The van der Waals surface area contributed by atoms with Crippen LogP contribution in [0.1, 0.15) is 53.5 Å². The van der Waals surface area contributed by atoms with Crippen molar-refractivity contribution in [2.24, 2.45) is 5.41 Å². The molecule has 0 unspecified atom stereocenters. The first-order chi connectivity index (χ1) is 13.3. The molecule has 0 radical (unpaired) electrons. The van der Waals surface area contributed by atoms with Crippen molar-refractivity contribution in [1.82, 2.24) is 15.1 Å². The number of fused-ring (bicyclic) bond motifs is 1. The Labute approximate surface area is 164 Å². The van der Waals surface area contributed by atoms with Gasteiger partial charge in [-0.15, -0.1) is 0 Å². The van der Waals surface area contributed by atoms with Gasteiger partial charge in [-0.3, -0.25) is 4.79 Å². The molecule has 0 bridgehead atoms. The predicted octanol–water partition coefficient (Wildman–Crippen LogP) is 3.26. The highest BCUT2D eigenvalue weighted by atomic mass is 16.5. The highest BCUT2D eigenvalue weighted by Gasteiger charge is 2.36. The average molecular weight is 376 g/mol. The van der Waals surface area contributed by atoms with E-state index in [2.05, 4.69) is 55.5 Å². The number of aryl methyl sites for hydroxylation is 1. The van der Waals surface area contributed by atoms with E-state index >= 15 is 0 Å². The summed E-state index contributed by atoms with van der Waals surface area (Å²) < 4.78 is 2.61. The van der Waals surface area contributed by atoms with Crippen molar-refractivity contribution in [1.29, 1.82) is 0 Å². The number of nitrogens with zero attached hydrogens (tertiary/aromatic N) is 3. The zero-order valence-corrected chi connectivity index (χ0v) is 16.3. The van der Waals surface area contributed by atoms with E-state index < -0.39 is 0 Å². The molecule has 144 valence electrons. The molecule has 28 heavy (non-hydrogen) atoms. The Morgan fingerprint density at radius 2 is 2.04 bits per heavy atom. The monoisotopic (exact) mass is 376 g/mol. The first-order valence-corrected chi connectivity index (χ1v) is 9.46. The highest BCUT2D eigenvalue weighted by molar-refractivity contribution is 5.93. The van der Waals surface area contributed by atoms with Crippen LogP contribution < -0.4 is 10.0 Å². The van der Waals surface area contributed by atoms with E-state index in [4.69, 9.17) is 0 Å². The molecule has 1 aliphatic rings. The molecule has 1 atom stereocenters. The predicted molar refractivity (Wildman–Crippen MR) is 106 cm³/mol. The third-order valence-electron chi connectivity index (χ3n) is 5.30. The molecule has 1 N–H and O–H groups in total. The number of rotatable bonds is 3. The van der Waals surface area contributed by atoms with Crippen molar-refractivity contribution in [3.63, 3.8) is 0 Å². The highest BCUT2D eigenvalue weighted by Crippen LogP contribution is 2.41. The van der Waals surface area contributed by atoms with Crippen molar-refractivity contribution in [3.05, 3.63) is 82.6 Å². The lowest BCUT2D eigenvalue weighted by atomic mass is 9.74. The Morgan fingerprint density at radius 1 is 1.29 bits per heavy atom. The van der Waals surface area contributed by atoms with Crippen molar-refractivity contribution in [2.45, 2.75) is 39.7 Å². The summed E-state index contributed by atoms with van der Waals surface area (Å²) >= 11 is 0. The molecule has 2 heterocycles. The van der Waals surface area contributed by atoms with Crippen LogP contribution in [0.5, 0.6) is 0 Å². The van der Waals surface area contributed by atoms with Crippen LogP contribution in [0, 0.1) is 17.5 Å². The molecule has 3 aromatic rings. The van der Waals surface area contributed by atoms with Gasteiger partial charge in [-0.25, -0.2) is 4.68 Å². The molecule has 6 nitrogen and oxygen atoms in total. The molecule has 0 fully saturated rings. The van der Waals surface area contributed by atoms with Crippen LogP contribution >= 0.6 is 0 Å². The topological polar surface area (TPSA) is 73.9 Å². The summed E-state index contributed by atoms with van der Waals surface area (Å²) in [4.78, 5) is 12.7. The zero-order chi connectivity index (χ0) is 19.9. The summed E-state index contributed by atoms with van der Waals surface area (Å²) in [6.07, 6.45) is 6.21. The molecule has 1 aliphatic carbocycles. The largest absolute Gasteiger partial charge is 0.619 e. The number of carbonyl (C=O) groups excluding carboxylic acids is 1. The summed E-state index contributed by atoms with van der Waals surface area (Å²) in [6, 6.07) is 11.4. The maximum atomic E-state index is 12.7. The fourth-order valence-corrected chi connectivity index (χ4v) is 3.91. The van der Waals surface area contributed by atoms with Gasteiger partial charge in [0.05, 0.1) is 23.6 Å². The Hall–Kier alpha value is -3.15. The van der Waals surface area contributed by atoms with Gasteiger partial charge in [0.2, 0.25) is 0 Å². The average Bonchev–Trinajstić information content (AvgIpc) is 3.05. The smallest absolute Gasteiger partial charge is 0.257 e. The van der Waals surface area contributed by atoms with Gasteiger partial charge >= 0.3 is 0 Å². The molecule has 0 saturated carbocycles. The van der Waals surface area contributed by atoms with Gasteiger partial charge in [0, 0.05) is 11.6 Å². The van der Waals surface area contributed by atoms with Crippen LogP contribution in [-0.2, 0) is 6.42 Å². The zero-order valence-electron chi connectivity index (χ0n) is 16.3. The fraction of sp³-hybridized carbons (Fsp3) is 0.318. The molecule has 0 saturated heterocycles. The van der Waals surface area contributed by atoms with Crippen LogP contribution in [0.2, 0.25) is 0 Å². The molecule has 6 heteroatoms. The molecule has 0 spiro atoms. The normalized spacial score (nSPS) is 17.8. The second kappa shape index (κ2) is 6.78. The number of benzene rings is 1. The van der Waals surface area contributed by atoms with Crippen molar-refractivity contribution in [2.75, 3.05) is 0 Å². The molecule has 1 amide bonds. The molecule has 4 rings (SSSR count). The fourth-order valence-electron chi connectivity index (χ4n) is 3.91. The van der Waals surface area contributed by atoms with Crippen LogP contribution in [0.25, 0.3) is 5.69 Å². The number of amides is 1. The van der Waals surface area contributed by atoms with E-state index in [-0.39, 0.29) is 17.4 Å². The number of nitrogens with one attached hydrogen (secondary N) is 1.